The van der Waals surface area contributed by atoms with Crippen LogP contribution in [-0.2, 0) is 15.1 Å². The van der Waals surface area contributed by atoms with Gasteiger partial charge in [0.05, 0.1) is 13.5 Å². The SMILES string of the molecule is COC(=O)C[C@](C)(N)c1ccnc(C)c1. The number of esters is 1. The predicted molar refractivity (Wildman–Crippen MR) is 57.1 cm³/mol. The van der Waals surface area contributed by atoms with Crippen LogP contribution in [0.1, 0.15) is 24.6 Å². The number of carbonyl (C=O) groups is 1. The fraction of sp³-hybridized carbons (Fsp3) is 0.455. The van der Waals surface area contributed by atoms with Crippen molar-refractivity contribution >= 4 is 5.97 Å². The molecule has 0 fully saturated rings. The molecule has 0 aliphatic rings. The lowest BCUT2D eigenvalue weighted by Crippen LogP contribution is -2.36. The first-order valence-corrected chi connectivity index (χ1v) is 4.74. The second-order valence-corrected chi connectivity index (χ2v) is 3.86. The van der Waals surface area contributed by atoms with Gasteiger partial charge in [0.25, 0.3) is 0 Å². The maximum Gasteiger partial charge on any atom is 0.307 e. The number of rotatable bonds is 3. The summed E-state index contributed by atoms with van der Waals surface area (Å²) in [6.07, 6.45) is 1.85. The molecule has 0 spiro atoms. The van der Waals surface area contributed by atoms with E-state index in [9.17, 15) is 4.79 Å². The number of carbonyl (C=O) groups excluding carboxylic acids is 1. The molecule has 0 amide bonds. The van der Waals surface area contributed by atoms with Crippen LogP contribution in [0.2, 0.25) is 0 Å². The number of aromatic nitrogens is 1. The Morgan fingerprint density at radius 3 is 2.87 bits per heavy atom. The van der Waals surface area contributed by atoms with Gasteiger partial charge < -0.3 is 10.5 Å². The summed E-state index contributed by atoms with van der Waals surface area (Å²) in [7, 11) is 1.36. The molecular formula is C11H16N2O2. The third-order valence-electron chi connectivity index (χ3n) is 2.30. The largest absolute Gasteiger partial charge is 0.469 e. The summed E-state index contributed by atoms with van der Waals surface area (Å²) in [5, 5.41) is 0. The monoisotopic (exact) mass is 208 g/mol. The van der Waals surface area contributed by atoms with E-state index in [2.05, 4.69) is 9.72 Å². The van der Waals surface area contributed by atoms with Crippen molar-refractivity contribution in [2.24, 2.45) is 5.73 Å². The number of ether oxygens (including phenoxy) is 1. The number of pyridine rings is 1. The summed E-state index contributed by atoms with van der Waals surface area (Å²) in [6.45, 7) is 3.69. The fourth-order valence-corrected chi connectivity index (χ4v) is 1.37. The molecule has 1 aromatic heterocycles. The Balaban J connectivity index is 2.90. The van der Waals surface area contributed by atoms with Gasteiger partial charge in [0.15, 0.2) is 0 Å². The van der Waals surface area contributed by atoms with E-state index in [1.54, 1.807) is 13.1 Å². The zero-order valence-corrected chi connectivity index (χ0v) is 9.28. The molecule has 1 aromatic rings. The van der Waals surface area contributed by atoms with E-state index in [0.717, 1.165) is 11.3 Å². The first-order chi connectivity index (χ1) is 6.95. The molecule has 0 unspecified atom stereocenters. The number of nitrogens with zero attached hydrogens (tertiary/aromatic N) is 1. The summed E-state index contributed by atoms with van der Waals surface area (Å²) < 4.78 is 4.60. The van der Waals surface area contributed by atoms with Crippen molar-refractivity contribution < 1.29 is 9.53 Å². The van der Waals surface area contributed by atoms with E-state index < -0.39 is 5.54 Å². The van der Waals surface area contributed by atoms with Gasteiger partial charge in [-0.15, -0.1) is 0 Å². The lowest BCUT2D eigenvalue weighted by atomic mass is 9.90. The van der Waals surface area contributed by atoms with Gasteiger partial charge in [0.2, 0.25) is 0 Å². The number of aryl methyl sites for hydroxylation is 1. The average molecular weight is 208 g/mol. The van der Waals surface area contributed by atoms with Gasteiger partial charge in [-0.1, -0.05) is 0 Å². The van der Waals surface area contributed by atoms with Gasteiger partial charge in [-0.05, 0) is 31.5 Å². The molecule has 2 N–H and O–H groups in total. The third-order valence-corrected chi connectivity index (χ3v) is 2.30. The van der Waals surface area contributed by atoms with Gasteiger partial charge in [-0.2, -0.15) is 0 Å². The molecule has 82 valence electrons. The summed E-state index contributed by atoms with van der Waals surface area (Å²) in [5.74, 6) is -0.311. The highest BCUT2D eigenvalue weighted by atomic mass is 16.5. The van der Waals surface area contributed by atoms with Crippen LogP contribution in [0.15, 0.2) is 18.3 Å². The van der Waals surface area contributed by atoms with Crippen LogP contribution in [0, 0.1) is 6.92 Å². The first kappa shape index (κ1) is 11.7. The second kappa shape index (κ2) is 4.40. The Kier molecular flexibility index (Phi) is 3.42. The third kappa shape index (κ3) is 3.02. The molecule has 4 nitrogen and oxygen atoms in total. The minimum Gasteiger partial charge on any atom is -0.469 e. The number of nitrogens with two attached hydrogens (primary N) is 1. The second-order valence-electron chi connectivity index (χ2n) is 3.86. The van der Waals surface area contributed by atoms with Crippen molar-refractivity contribution in [3.05, 3.63) is 29.6 Å². The molecule has 0 aliphatic heterocycles. The van der Waals surface area contributed by atoms with Crippen LogP contribution < -0.4 is 5.73 Å². The number of methoxy groups -OCH3 is 1. The van der Waals surface area contributed by atoms with E-state index >= 15 is 0 Å². The molecule has 0 aromatic carbocycles. The van der Waals surface area contributed by atoms with E-state index in [1.807, 2.05) is 19.1 Å². The number of hydrogen-bond donors (Lipinski definition) is 1. The number of hydrogen-bond acceptors (Lipinski definition) is 4. The lowest BCUT2D eigenvalue weighted by Gasteiger charge is -2.23. The quantitative estimate of drug-likeness (QED) is 0.756. The highest BCUT2D eigenvalue weighted by Gasteiger charge is 2.25. The van der Waals surface area contributed by atoms with Crippen LogP contribution in [-0.4, -0.2) is 18.1 Å². The van der Waals surface area contributed by atoms with Crippen LogP contribution in [0.4, 0.5) is 0 Å². The van der Waals surface area contributed by atoms with Gasteiger partial charge in [0.1, 0.15) is 0 Å². The normalized spacial score (nSPS) is 14.4. The van der Waals surface area contributed by atoms with E-state index in [0.29, 0.717) is 0 Å². The van der Waals surface area contributed by atoms with Crippen molar-refractivity contribution in [1.82, 2.24) is 4.98 Å². The maximum atomic E-state index is 11.2. The van der Waals surface area contributed by atoms with Crippen molar-refractivity contribution in [3.63, 3.8) is 0 Å². The molecular weight excluding hydrogens is 192 g/mol. The van der Waals surface area contributed by atoms with Gasteiger partial charge in [0, 0.05) is 17.4 Å². The van der Waals surface area contributed by atoms with Crippen molar-refractivity contribution in [2.45, 2.75) is 25.8 Å². The summed E-state index contributed by atoms with van der Waals surface area (Å²) >= 11 is 0. The van der Waals surface area contributed by atoms with Gasteiger partial charge >= 0.3 is 5.97 Å². The predicted octanol–water partition coefficient (Wildman–Crippen LogP) is 1.13. The fourth-order valence-electron chi connectivity index (χ4n) is 1.37. The Morgan fingerprint density at radius 2 is 2.33 bits per heavy atom. The molecule has 4 heteroatoms. The Hall–Kier alpha value is -1.42. The first-order valence-electron chi connectivity index (χ1n) is 4.74. The summed E-state index contributed by atoms with van der Waals surface area (Å²) in [4.78, 5) is 15.2. The van der Waals surface area contributed by atoms with Gasteiger partial charge in [-0.25, -0.2) is 0 Å². The molecule has 0 bridgehead atoms. The van der Waals surface area contributed by atoms with E-state index in [4.69, 9.17) is 5.73 Å². The molecule has 1 atom stereocenters. The molecule has 0 radical (unpaired) electrons. The van der Waals surface area contributed by atoms with Crippen molar-refractivity contribution in [3.8, 4) is 0 Å². The highest BCUT2D eigenvalue weighted by Crippen LogP contribution is 2.21. The topological polar surface area (TPSA) is 65.2 Å². The molecule has 1 heterocycles. The van der Waals surface area contributed by atoms with E-state index in [1.165, 1.54) is 7.11 Å². The van der Waals surface area contributed by atoms with Gasteiger partial charge in [-0.3, -0.25) is 9.78 Å². The summed E-state index contributed by atoms with van der Waals surface area (Å²) in [5.41, 5.74) is 7.12. The summed E-state index contributed by atoms with van der Waals surface area (Å²) in [6, 6.07) is 3.69. The van der Waals surface area contributed by atoms with Crippen LogP contribution in [0.25, 0.3) is 0 Å². The molecule has 15 heavy (non-hydrogen) atoms. The average Bonchev–Trinajstić information content (AvgIpc) is 2.17. The standard InChI is InChI=1S/C11H16N2O2/c1-8-6-9(4-5-13-8)11(2,12)7-10(14)15-3/h4-6H,7,12H2,1-3H3/t11-/m0/s1. The van der Waals surface area contributed by atoms with Crippen molar-refractivity contribution in [2.75, 3.05) is 7.11 Å². The minimum absolute atomic E-state index is 0.160. The van der Waals surface area contributed by atoms with Crippen LogP contribution >= 0.6 is 0 Å². The molecule has 0 saturated heterocycles. The Morgan fingerprint density at radius 1 is 1.67 bits per heavy atom. The van der Waals surface area contributed by atoms with E-state index in [-0.39, 0.29) is 12.4 Å². The molecule has 0 aliphatic carbocycles. The zero-order valence-electron chi connectivity index (χ0n) is 9.28. The minimum atomic E-state index is -0.708. The van der Waals surface area contributed by atoms with Crippen LogP contribution in [0.5, 0.6) is 0 Å². The highest BCUT2D eigenvalue weighted by molar-refractivity contribution is 5.71. The Bertz CT molecular complexity index is 361. The Labute approximate surface area is 89.5 Å². The van der Waals surface area contributed by atoms with Crippen LogP contribution in [0.3, 0.4) is 0 Å². The molecule has 0 saturated carbocycles. The maximum absolute atomic E-state index is 11.2. The van der Waals surface area contributed by atoms with Crippen molar-refractivity contribution in [1.29, 1.82) is 0 Å². The zero-order chi connectivity index (χ0) is 11.5. The molecule has 1 rings (SSSR count). The lowest BCUT2D eigenvalue weighted by molar-refractivity contribution is -0.141. The smallest absolute Gasteiger partial charge is 0.307 e.